The van der Waals surface area contributed by atoms with E-state index < -0.39 is 16.1 Å². The van der Waals surface area contributed by atoms with Gasteiger partial charge in [-0.05, 0) is 42.1 Å². The third-order valence-electron chi connectivity index (χ3n) is 4.46. The minimum atomic E-state index is -3.69. The SMILES string of the molecule is CC[C@@H](C(=O)Nc1cccc2ccccc12)N(c1ccc(Cl)cc1)S(C)(=O)=O. The Bertz CT molecular complexity index is 1090. The van der Waals surface area contributed by atoms with Crippen molar-refractivity contribution in [1.29, 1.82) is 0 Å². The maximum atomic E-state index is 13.1. The van der Waals surface area contributed by atoms with Crippen molar-refractivity contribution in [3.8, 4) is 0 Å². The second kappa shape index (κ2) is 8.20. The molecule has 0 radical (unpaired) electrons. The smallest absolute Gasteiger partial charge is 0.248 e. The van der Waals surface area contributed by atoms with Gasteiger partial charge in [0.2, 0.25) is 15.9 Å². The van der Waals surface area contributed by atoms with E-state index >= 15 is 0 Å². The topological polar surface area (TPSA) is 66.5 Å². The van der Waals surface area contributed by atoms with Gasteiger partial charge in [-0.1, -0.05) is 54.9 Å². The molecule has 3 rings (SSSR count). The normalized spacial score (nSPS) is 12.5. The summed E-state index contributed by atoms with van der Waals surface area (Å²) in [6, 6.07) is 18.8. The standard InChI is InChI=1S/C21H21ClN2O3S/c1-3-20(24(28(2,26)27)17-13-11-16(22)12-14-17)21(25)23-19-10-6-8-15-7-4-5-9-18(15)19/h4-14,20H,3H2,1-2H3,(H,23,25)/t20-/m0/s1. The molecule has 0 unspecified atom stereocenters. The first-order valence-electron chi connectivity index (χ1n) is 8.85. The molecule has 0 saturated carbocycles. The van der Waals surface area contributed by atoms with Crippen LogP contribution in [0.4, 0.5) is 11.4 Å². The molecule has 0 aliphatic rings. The third-order valence-corrected chi connectivity index (χ3v) is 5.89. The van der Waals surface area contributed by atoms with Gasteiger partial charge >= 0.3 is 0 Å². The van der Waals surface area contributed by atoms with Crippen molar-refractivity contribution in [2.45, 2.75) is 19.4 Å². The first-order chi connectivity index (χ1) is 13.3. The molecular weight excluding hydrogens is 396 g/mol. The average molecular weight is 417 g/mol. The highest BCUT2D eigenvalue weighted by Gasteiger charge is 2.31. The molecule has 0 fully saturated rings. The lowest BCUT2D eigenvalue weighted by Gasteiger charge is -2.30. The van der Waals surface area contributed by atoms with Crippen molar-refractivity contribution in [1.82, 2.24) is 0 Å². The van der Waals surface area contributed by atoms with Gasteiger partial charge in [0.1, 0.15) is 6.04 Å². The van der Waals surface area contributed by atoms with Crippen molar-refractivity contribution < 1.29 is 13.2 Å². The number of nitrogens with zero attached hydrogens (tertiary/aromatic N) is 1. The molecular formula is C21H21ClN2O3S. The predicted molar refractivity (Wildman–Crippen MR) is 115 cm³/mol. The van der Waals surface area contributed by atoms with Crippen LogP contribution in [0.25, 0.3) is 10.8 Å². The van der Waals surface area contributed by atoms with E-state index in [1.165, 1.54) is 0 Å². The molecule has 0 bridgehead atoms. The van der Waals surface area contributed by atoms with E-state index in [4.69, 9.17) is 11.6 Å². The molecule has 1 atom stereocenters. The van der Waals surface area contributed by atoms with E-state index in [9.17, 15) is 13.2 Å². The van der Waals surface area contributed by atoms with Crippen LogP contribution < -0.4 is 9.62 Å². The highest BCUT2D eigenvalue weighted by atomic mass is 35.5. The number of halogens is 1. The number of fused-ring (bicyclic) bond motifs is 1. The summed E-state index contributed by atoms with van der Waals surface area (Å²) in [6.07, 6.45) is 1.40. The Kier molecular flexibility index (Phi) is 5.91. The van der Waals surface area contributed by atoms with Crippen molar-refractivity contribution in [3.63, 3.8) is 0 Å². The van der Waals surface area contributed by atoms with Crippen LogP contribution in [-0.4, -0.2) is 26.6 Å². The van der Waals surface area contributed by atoms with Crippen LogP contribution in [0.2, 0.25) is 5.02 Å². The molecule has 0 saturated heterocycles. The van der Waals surface area contributed by atoms with Crippen LogP contribution >= 0.6 is 11.6 Å². The van der Waals surface area contributed by atoms with E-state index in [2.05, 4.69) is 5.32 Å². The summed E-state index contributed by atoms with van der Waals surface area (Å²) < 4.78 is 26.1. The minimum absolute atomic E-state index is 0.312. The van der Waals surface area contributed by atoms with Crippen LogP contribution in [-0.2, 0) is 14.8 Å². The Hall–Kier alpha value is -2.57. The van der Waals surface area contributed by atoms with Gasteiger partial charge < -0.3 is 5.32 Å². The van der Waals surface area contributed by atoms with Crippen LogP contribution in [0.15, 0.2) is 66.7 Å². The van der Waals surface area contributed by atoms with Gasteiger partial charge in [-0.15, -0.1) is 0 Å². The number of hydrogen-bond donors (Lipinski definition) is 1. The second-order valence-corrected chi connectivity index (χ2v) is 8.77. The zero-order chi connectivity index (χ0) is 20.3. The van der Waals surface area contributed by atoms with Gasteiger partial charge in [0.15, 0.2) is 0 Å². The van der Waals surface area contributed by atoms with Gasteiger partial charge in [0.05, 0.1) is 11.9 Å². The fraction of sp³-hybridized carbons (Fsp3) is 0.190. The maximum Gasteiger partial charge on any atom is 0.248 e. The first-order valence-corrected chi connectivity index (χ1v) is 11.1. The summed E-state index contributed by atoms with van der Waals surface area (Å²) in [5, 5.41) is 5.28. The van der Waals surface area contributed by atoms with Gasteiger partial charge in [-0.2, -0.15) is 0 Å². The number of carbonyl (C=O) groups excluding carboxylic acids is 1. The Balaban J connectivity index is 1.97. The quantitative estimate of drug-likeness (QED) is 0.634. The highest BCUT2D eigenvalue weighted by Crippen LogP contribution is 2.27. The molecule has 1 N–H and O–H groups in total. The van der Waals surface area contributed by atoms with E-state index in [-0.39, 0.29) is 5.91 Å². The van der Waals surface area contributed by atoms with Gasteiger partial charge in [-0.3, -0.25) is 9.10 Å². The lowest BCUT2D eigenvalue weighted by molar-refractivity contribution is -0.117. The van der Waals surface area contributed by atoms with E-state index in [0.717, 1.165) is 21.3 Å². The molecule has 146 valence electrons. The van der Waals surface area contributed by atoms with Gasteiger partial charge in [0, 0.05) is 16.1 Å². The lowest BCUT2D eigenvalue weighted by Crippen LogP contribution is -2.47. The van der Waals surface area contributed by atoms with Crippen molar-refractivity contribution in [3.05, 3.63) is 71.8 Å². The molecule has 0 heterocycles. The molecule has 0 aliphatic heterocycles. The number of rotatable bonds is 6. The fourth-order valence-electron chi connectivity index (χ4n) is 3.20. The molecule has 3 aromatic carbocycles. The van der Waals surface area contributed by atoms with E-state index in [0.29, 0.717) is 22.8 Å². The Morgan fingerprint density at radius 1 is 1.04 bits per heavy atom. The number of hydrogen-bond acceptors (Lipinski definition) is 3. The van der Waals surface area contributed by atoms with Crippen molar-refractivity contribution >= 4 is 49.7 Å². The van der Waals surface area contributed by atoms with E-state index in [1.807, 2.05) is 36.4 Å². The largest absolute Gasteiger partial charge is 0.324 e. The van der Waals surface area contributed by atoms with Crippen molar-refractivity contribution in [2.24, 2.45) is 0 Å². The van der Waals surface area contributed by atoms with Crippen LogP contribution in [0.1, 0.15) is 13.3 Å². The van der Waals surface area contributed by atoms with Crippen molar-refractivity contribution in [2.75, 3.05) is 15.9 Å². The minimum Gasteiger partial charge on any atom is -0.324 e. The maximum absolute atomic E-state index is 13.1. The average Bonchev–Trinajstić information content (AvgIpc) is 2.66. The summed E-state index contributed by atoms with van der Waals surface area (Å²) in [5.41, 5.74) is 1.04. The molecule has 7 heteroatoms. The Morgan fingerprint density at radius 3 is 2.32 bits per heavy atom. The molecule has 0 spiro atoms. The van der Waals surface area contributed by atoms with Crippen LogP contribution in [0.5, 0.6) is 0 Å². The predicted octanol–water partition coefficient (Wildman–Crippen LogP) is 4.68. The number of benzene rings is 3. The monoisotopic (exact) mass is 416 g/mol. The number of amides is 1. The molecule has 28 heavy (non-hydrogen) atoms. The molecule has 0 aromatic heterocycles. The summed E-state index contributed by atoms with van der Waals surface area (Å²) in [4.78, 5) is 13.1. The summed E-state index contributed by atoms with van der Waals surface area (Å²) >= 11 is 5.92. The third kappa shape index (κ3) is 4.29. The first kappa shape index (κ1) is 20.2. The zero-order valence-electron chi connectivity index (χ0n) is 15.6. The highest BCUT2D eigenvalue weighted by molar-refractivity contribution is 7.92. The Labute approximate surface area is 170 Å². The molecule has 0 aliphatic carbocycles. The molecule has 3 aromatic rings. The summed E-state index contributed by atoms with van der Waals surface area (Å²) in [6.45, 7) is 1.78. The fourth-order valence-corrected chi connectivity index (χ4v) is 4.54. The number of anilines is 2. The summed E-state index contributed by atoms with van der Waals surface area (Å²) in [5.74, 6) is -0.390. The number of nitrogens with one attached hydrogen (secondary N) is 1. The number of carbonyl (C=O) groups is 1. The number of sulfonamides is 1. The lowest BCUT2D eigenvalue weighted by atomic mass is 10.1. The molecule has 5 nitrogen and oxygen atoms in total. The zero-order valence-corrected chi connectivity index (χ0v) is 17.2. The second-order valence-electron chi connectivity index (χ2n) is 6.48. The summed E-state index contributed by atoms with van der Waals surface area (Å²) in [7, 11) is -3.69. The van der Waals surface area contributed by atoms with Crippen LogP contribution in [0.3, 0.4) is 0 Å². The van der Waals surface area contributed by atoms with Gasteiger partial charge in [-0.25, -0.2) is 8.42 Å². The van der Waals surface area contributed by atoms with Crippen LogP contribution in [0, 0.1) is 0 Å². The Morgan fingerprint density at radius 2 is 1.68 bits per heavy atom. The van der Waals surface area contributed by atoms with Gasteiger partial charge in [0.25, 0.3) is 0 Å². The van der Waals surface area contributed by atoms with E-state index in [1.54, 1.807) is 37.3 Å². The molecule has 1 amide bonds.